The molecule has 30 heavy (non-hydrogen) atoms. The predicted octanol–water partition coefficient (Wildman–Crippen LogP) is 3.20. The van der Waals surface area contributed by atoms with Crippen molar-refractivity contribution in [3.05, 3.63) is 36.6 Å². The number of nitrogens with one attached hydrogen (secondary N) is 1. The normalized spacial score (nSPS) is 14.7. The Morgan fingerprint density at radius 3 is 2.70 bits per heavy atom. The largest absolute Gasteiger partial charge is 0.444 e. The number of anilines is 1. The Kier molecular flexibility index (Phi) is 4.97. The van der Waals surface area contributed by atoms with Gasteiger partial charge in [-0.25, -0.2) is 14.8 Å². The number of nitrogens with zero attached hydrogens (tertiary/aromatic N) is 6. The van der Waals surface area contributed by atoms with Gasteiger partial charge < -0.3 is 15.0 Å². The highest BCUT2D eigenvalue weighted by atomic mass is 16.6. The molecule has 4 rings (SSSR count). The van der Waals surface area contributed by atoms with Crippen LogP contribution >= 0.6 is 0 Å². The van der Waals surface area contributed by atoms with Crippen LogP contribution in [0.3, 0.4) is 0 Å². The van der Waals surface area contributed by atoms with E-state index in [-0.39, 0.29) is 6.09 Å². The Balaban J connectivity index is 1.70. The molecule has 1 amide bonds. The zero-order valence-corrected chi connectivity index (χ0v) is 18.0. The van der Waals surface area contributed by atoms with Gasteiger partial charge in [0.1, 0.15) is 5.60 Å². The van der Waals surface area contributed by atoms with E-state index < -0.39 is 5.60 Å². The van der Waals surface area contributed by atoms with E-state index in [1.807, 2.05) is 64.1 Å². The van der Waals surface area contributed by atoms with Gasteiger partial charge in [0.05, 0.1) is 30.3 Å². The molecule has 0 saturated heterocycles. The third kappa shape index (κ3) is 3.87. The number of rotatable bonds is 3. The van der Waals surface area contributed by atoms with Crippen molar-refractivity contribution in [1.29, 1.82) is 0 Å². The number of carbonyl (C=O) groups excluding carboxylic acids is 1. The maximum absolute atomic E-state index is 12.5. The first-order chi connectivity index (χ1) is 14.2. The summed E-state index contributed by atoms with van der Waals surface area (Å²) in [5, 5.41) is 7.40. The quantitative estimate of drug-likeness (QED) is 0.715. The summed E-state index contributed by atoms with van der Waals surface area (Å²) in [5.41, 5.74) is 3.89. The first-order valence-corrected chi connectivity index (χ1v) is 9.97. The summed E-state index contributed by atoms with van der Waals surface area (Å²) in [6.45, 7) is 6.71. The third-order valence-electron chi connectivity index (χ3n) is 4.86. The number of hydrogen-bond acceptors (Lipinski definition) is 6. The van der Waals surface area contributed by atoms with Gasteiger partial charge in [-0.3, -0.25) is 9.08 Å². The van der Waals surface area contributed by atoms with Crippen LogP contribution in [0.1, 0.15) is 32.9 Å². The van der Waals surface area contributed by atoms with Gasteiger partial charge in [0.15, 0.2) is 11.5 Å². The summed E-state index contributed by atoms with van der Waals surface area (Å²) >= 11 is 0. The lowest BCUT2D eigenvalue weighted by molar-refractivity contribution is 0.0273. The summed E-state index contributed by atoms with van der Waals surface area (Å²) < 4.78 is 9.32. The Hall–Kier alpha value is -3.36. The number of hydrogen-bond donors (Lipinski definition) is 1. The van der Waals surface area contributed by atoms with Crippen LogP contribution in [-0.4, -0.2) is 60.9 Å². The zero-order chi connectivity index (χ0) is 21.5. The maximum atomic E-state index is 12.5. The lowest BCUT2D eigenvalue weighted by Crippen LogP contribution is -2.39. The molecule has 1 aliphatic rings. The van der Waals surface area contributed by atoms with E-state index in [4.69, 9.17) is 9.72 Å². The molecule has 0 spiro atoms. The smallest absolute Gasteiger partial charge is 0.410 e. The van der Waals surface area contributed by atoms with Crippen LogP contribution < -0.4 is 5.32 Å². The SMILES string of the molecule is CNc1nc(C2=CCCN(C(=O)OC(C)(C)C)C2)cn2c(-c3cnn(C)c3)cnc12. The molecule has 4 heterocycles. The topological polar surface area (TPSA) is 89.6 Å². The van der Waals surface area contributed by atoms with Crippen LogP contribution in [0.2, 0.25) is 0 Å². The molecule has 0 bridgehead atoms. The molecule has 3 aromatic rings. The fourth-order valence-corrected chi connectivity index (χ4v) is 3.49. The molecule has 0 saturated carbocycles. The number of aromatic nitrogens is 5. The molecular formula is C21H27N7O2. The van der Waals surface area contributed by atoms with Crippen molar-refractivity contribution < 1.29 is 9.53 Å². The van der Waals surface area contributed by atoms with Crippen LogP contribution in [-0.2, 0) is 11.8 Å². The number of carbonyl (C=O) groups is 1. The molecular weight excluding hydrogens is 382 g/mol. The number of amides is 1. The third-order valence-corrected chi connectivity index (χ3v) is 4.86. The minimum absolute atomic E-state index is 0.304. The standard InChI is InChI=1S/C21H27N7O2/c1-21(2,3)30-20(29)27-8-6-7-14(12-27)16-13-28-17(15-9-24-26(5)11-15)10-23-19(28)18(22-4)25-16/h7,9-11,13H,6,8,12H2,1-5H3,(H,22,25). The first-order valence-electron chi connectivity index (χ1n) is 9.97. The van der Waals surface area contributed by atoms with Crippen LogP contribution in [0, 0.1) is 0 Å². The highest BCUT2D eigenvalue weighted by Gasteiger charge is 2.26. The van der Waals surface area contributed by atoms with Gasteiger partial charge in [0.25, 0.3) is 0 Å². The Labute approximate surface area is 175 Å². The second kappa shape index (κ2) is 7.47. The average molecular weight is 409 g/mol. The molecule has 9 nitrogen and oxygen atoms in total. The van der Waals surface area contributed by atoms with Crippen LogP contribution in [0.5, 0.6) is 0 Å². The second-order valence-electron chi connectivity index (χ2n) is 8.38. The second-order valence-corrected chi connectivity index (χ2v) is 8.38. The maximum Gasteiger partial charge on any atom is 0.410 e. The molecule has 9 heteroatoms. The summed E-state index contributed by atoms with van der Waals surface area (Å²) in [6, 6.07) is 0. The molecule has 0 unspecified atom stereocenters. The van der Waals surface area contributed by atoms with Crippen LogP contribution in [0.15, 0.2) is 30.9 Å². The van der Waals surface area contributed by atoms with Crippen molar-refractivity contribution in [1.82, 2.24) is 29.0 Å². The molecule has 0 aromatic carbocycles. The zero-order valence-electron chi connectivity index (χ0n) is 18.0. The summed E-state index contributed by atoms with van der Waals surface area (Å²) in [6.07, 6.45) is 10.1. The molecule has 3 aromatic heterocycles. The molecule has 158 valence electrons. The molecule has 0 aliphatic carbocycles. The molecule has 0 radical (unpaired) electrons. The van der Waals surface area contributed by atoms with Crippen LogP contribution in [0.4, 0.5) is 10.6 Å². The van der Waals surface area contributed by atoms with Gasteiger partial charge >= 0.3 is 6.09 Å². The molecule has 0 atom stereocenters. The van der Waals surface area contributed by atoms with Crippen molar-refractivity contribution in [2.75, 3.05) is 25.5 Å². The van der Waals surface area contributed by atoms with E-state index in [1.165, 1.54) is 0 Å². The van der Waals surface area contributed by atoms with Crippen molar-refractivity contribution in [2.24, 2.45) is 7.05 Å². The molecule has 1 N–H and O–H groups in total. The summed E-state index contributed by atoms with van der Waals surface area (Å²) in [4.78, 5) is 23.6. The van der Waals surface area contributed by atoms with Crippen molar-refractivity contribution in [2.45, 2.75) is 32.8 Å². The fraction of sp³-hybridized carbons (Fsp3) is 0.429. The Morgan fingerprint density at radius 2 is 2.03 bits per heavy atom. The first kappa shape index (κ1) is 19.9. The highest BCUT2D eigenvalue weighted by Crippen LogP contribution is 2.27. The van der Waals surface area contributed by atoms with E-state index in [9.17, 15) is 4.79 Å². The monoisotopic (exact) mass is 409 g/mol. The van der Waals surface area contributed by atoms with E-state index in [0.29, 0.717) is 18.9 Å². The van der Waals surface area contributed by atoms with Crippen LogP contribution in [0.25, 0.3) is 22.5 Å². The lowest BCUT2D eigenvalue weighted by Gasteiger charge is -2.30. The van der Waals surface area contributed by atoms with E-state index >= 15 is 0 Å². The van der Waals surface area contributed by atoms with E-state index in [2.05, 4.69) is 21.5 Å². The van der Waals surface area contributed by atoms with Gasteiger partial charge in [-0.05, 0) is 32.8 Å². The molecule has 0 fully saturated rings. The number of fused-ring (bicyclic) bond motifs is 1. The van der Waals surface area contributed by atoms with Crippen molar-refractivity contribution >= 4 is 23.1 Å². The summed E-state index contributed by atoms with van der Waals surface area (Å²) in [7, 11) is 3.71. The number of imidazole rings is 1. The van der Waals surface area contributed by atoms with Crippen molar-refractivity contribution in [3.8, 4) is 11.3 Å². The fourth-order valence-electron chi connectivity index (χ4n) is 3.49. The van der Waals surface area contributed by atoms with Gasteiger partial charge in [-0.15, -0.1) is 0 Å². The predicted molar refractivity (Wildman–Crippen MR) is 115 cm³/mol. The Morgan fingerprint density at radius 1 is 1.23 bits per heavy atom. The van der Waals surface area contributed by atoms with Gasteiger partial charge in [-0.2, -0.15) is 5.10 Å². The highest BCUT2D eigenvalue weighted by molar-refractivity contribution is 5.77. The van der Waals surface area contributed by atoms with Gasteiger partial charge in [0.2, 0.25) is 0 Å². The number of ether oxygens (including phenoxy) is 1. The minimum atomic E-state index is -0.524. The Bertz CT molecular complexity index is 1120. The van der Waals surface area contributed by atoms with Gasteiger partial charge in [-0.1, -0.05) is 6.08 Å². The lowest BCUT2D eigenvalue weighted by atomic mass is 10.1. The van der Waals surface area contributed by atoms with E-state index in [0.717, 1.165) is 34.6 Å². The molecule has 1 aliphatic heterocycles. The minimum Gasteiger partial charge on any atom is -0.444 e. The summed E-state index contributed by atoms with van der Waals surface area (Å²) in [5.74, 6) is 0.679. The van der Waals surface area contributed by atoms with E-state index in [1.54, 1.807) is 9.58 Å². The average Bonchev–Trinajstić information content (AvgIpc) is 3.31. The van der Waals surface area contributed by atoms with Crippen molar-refractivity contribution in [3.63, 3.8) is 0 Å². The van der Waals surface area contributed by atoms with Gasteiger partial charge in [0, 0.05) is 38.6 Å². The number of aryl methyl sites for hydroxylation is 1.